The Morgan fingerprint density at radius 3 is 3.04 bits per heavy atom. The van der Waals surface area contributed by atoms with Crippen molar-refractivity contribution in [3.63, 3.8) is 0 Å². The lowest BCUT2D eigenvalue weighted by molar-refractivity contribution is 0.0931. The van der Waals surface area contributed by atoms with Gasteiger partial charge >= 0.3 is 0 Å². The Morgan fingerprint density at radius 2 is 2.39 bits per heavy atom. The van der Waals surface area contributed by atoms with E-state index in [1.54, 1.807) is 13.1 Å². The number of nitriles is 1. The van der Waals surface area contributed by atoms with E-state index in [0.717, 1.165) is 31.7 Å². The molecule has 1 amide bonds. The van der Waals surface area contributed by atoms with Gasteiger partial charge in [0.1, 0.15) is 17.6 Å². The summed E-state index contributed by atoms with van der Waals surface area (Å²) in [6.45, 7) is 3.39. The summed E-state index contributed by atoms with van der Waals surface area (Å²) in [6, 6.07) is 5.44. The molecule has 0 saturated carbocycles. The number of aromatic nitrogens is 2. The van der Waals surface area contributed by atoms with Crippen molar-refractivity contribution < 1.29 is 9.21 Å². The maximum absolute atomic E-state index is 12.4. The minimum atomic E-state index is -0.190. The minimum Gasteiger partial charge on any atom is -0.450 e. The summed E-state index contributed by atoms with van der Waals surface area (Å²) in [5.74, 6) is 1.49. The molecule has 2 aromatic heterocycles. The molecule has 0 spiro atoms. The van der Waals surface area contributed by atoms with Crippen LogP contribution in [0.5, 0.6) is 0 Å². The number of hydrogen-bond acceptors (Lipinski definition) is 5. The van der Waals surface area contributed by atoms with Crippen LogP contribution in [-0.4, -0.2) is 34.8 Å². The number of nitrogens with one attached hydrogen (secondary N) is 1. The number of piperidine rings is 1. The number of nitrogens with zero attached hydrogens (tertiary/aromatic N) is 4. The lowest BCUT2D eigenvalue weighted by Crippen LogP contribution is -2.48. The van der Waals surface area contributed by atoms with Crippen molar-refractivity contribution in [2.45, 2.75) is 25.8 Å². The molecule has 1 N–H and O–H groups in total. The summed E-state index contributed by atoms with van der Waals surface area (Å²) >= 11 is 0. The molecule has 3 rings (SSSR count). The molecule has 0 aromatic carbocycles. The monoisotopic (exact) mass is 313 g/mol. The number of amides is 1. The number of anilines is 1. The second-order valence-electron chi connectivity index (χ2n) is 5.76. The SMILES string of the molecule is Cc1oc(C#N)cc1C(=O)N[C@H]1CCCN(c2ccnn2C)C1. The second kappa shape index (κ2) is 6.16. The molecule has 1 saturated heterocycles. The van der Waals surface area contributed by atoms with E-state index >= 15 is 0 Å². The number of aryl methyl sites for hydroxylation is 2. The fraction of sp³-hybridized carbons (Fsp3) is 0.438. The third-order valence-corrected chi connectivity index (χ3v) is 4.15. The Kier molecular flexibility index (Phi) is 4.06. The predicted molar refractivity (Wildman–Crippen MR) is 84.1 cm³/mol. The minimum absolute atomic E-state index is 0.0611. The van der Waals surface area contributed by atoms with Gasteiger partial charge in [-0.15, -0.1) is 0 Å². The first-order chi connectivity index (χ1) is 11.1. The van der Waals surface area contributed by atoms with E-state index in [4.69, 9.17) is 9.68 Å². The average Bonchev–Trinajstić information content (AvgIpc) is 3.13. The Labute approximate surface area is 134 Å². The van der Waals surface area contributed by atoms with Crippen LogP contribution in [0.15, 0.2) is 22.7 Å². The molecule has 1 fully saturated rings. The third kappa shape index (κ3) is 3.06. The van der Waals surface area contributed by atoms with Crippen molar-refractivity contribution in [3.8, 4) is 6.07 Å². The van der Waals surface area contributed by atoms with Gasteiger partial charge in [0.25, 0.3) is 5.91 Å². The van der Waals surface area contributed by atoms with Crippen molar-refractivity contribution in [3.05, 3.63) is 35.4 Å². The summed E-state index contributed by atoms with van der Waals surface area (Å²) in [4.78, 5) is 14.6. The first-order valence-electron chi connectivity index (χ1n) is 7.63. The van der Waals surface area contributed by atoms with Crippen LogP contribution in [0, 0.1) is 18.3 Å². The maximum atomic E-state index is 12.4. The first-order valence-corrected chi connectivity index (χ1v) is 7.63. The largest absolute Gasteiger partial charge is 0.450 e. The number of carbonyl (C=O) groups is 1. The van der Waals surface area contributed by atoms with Crippen LogP contribution in [0.1, 0.15) is 34.7 Å². The highest BCUT2D eigenvalue weighted by atomic mass is 16.3. The Balaban J connectivity index is 1.68. The van der Waals surface area contributed by atoms with Gasteiger partial charge in [0.2, 0.25) is 5.76 Å². The molecule has 0 bridgehead atoms. The van der Waals surface area contributed by atoms with Crippen molar-refractivity contribution in [1.82, 2.24) is 15.1 Å². The van der Waals surface area contributed by atoms with E-state index < -0.39 is 0 Å². The molecule has 23 heavy (non-hydrogen) atoms. The molecule has 7 nitrogen and oxygen atoms in total. The van der Waals surface area contributed by atoms with E-state index in [2.05, 4.69) is 15.3 Å². The zero-order valence-electron chi connectivity index (χ0n) is 13.2. The van der Waals surface area contributed by atoms with E-state index in [1.807, 2.05) is 23.9 Å². The smallest absolute Gasteiger partial charge is 0.255 e. The molecule has 1 aliphatic heterocycles. The average molecular weight is 313 g/mol. The summed E-state index contributed by atoms with van der Waals surface area (Å²) in [5, 5.41) is 16.1. The van der Waals surface area contributed by atoms with Crippen LogP contribution in [0.4, 0.5) is 5.82 Å². The molecular weight excluding hydrogens is 294 g/mol. The molecule has 7 heteroatoms. The fourth-order valence-electron chi connectivity index (χ4n) is 3.01. The zero-order valence-corrected chi connectivity index (χ0v) is 13.2. The number of carbonyl (C=O) groups excluding carboxylic acids is 1. The van der Waals surface area contributed by atoms with Gasteiger partial charge in [-0.2, -0.15) is 10.4 Å². The van der Waals surface area contributed by atoms with E-state index in [9.17, 15) is 4.79 Å². The molecule has 0 aliphatic carbocycles. The van der Waals surface area contributed by atoms with E-state index in [0.29, 0.717) is 11.3 Å². The van der Waals surface area contributed by atoms with Gasteiger partial charge < -0.3 is 14.6 Å². The lowest BCUT2D eigenvalue weighted by atomic mass is 10.0. The van der Waals surface area contributed by atoms with Crippen molar-refractivity contribution in [1.29, 1.82) is 5.26 Å². The first kappa shape index (κ1) is 15.2. The number of rotatable bonds is 3. The van der Waals surface area contributed by atoms with Gasteiger partial charge in [-0.1, -0.05) is 0 Å². The van der Waals surface area contributed by atoms with Crippen LogP contribution in [0.25, 0.3) is 0 Å². The third-order valence-electron chi connectivity index (χ3n) is 4.15. The quantitative estimate of drug-likeness (QED) is 0.930. The normalized spacial score (nSPS) is 17.8. The van der Waals surface area contributed by atoms with Gasteiger partial charge in [-0.3, -0.25) is 9.48 Å². The molecule has 0 unspecified atom stereocenters. The lowest BCUT2D eigenvalue weighted by Gasteiger charge is -2.34. The predicted octanol–water partition coefficient (Wildman–Crippen LogP) is 1.59. The van der Waals surface area contributed by atoms with Crippen LogP contribution < -0.4 is 10.2 Å². The molecule has 3 heterocycles. The molecule has 1 aliphatic rings. The highest BCUT2D eigenvalue weighted by Crippen LogP contribution is 2.20. The van der Waals surface area contributed by atoms with Gasteiger partial charge in [-0.25, -0.2) is 0 Å². The van der Waals surface area contributed by atoms with Crippen LogP contribution in [0.3, 0.4) is 0 Å². The Bertz CT molecular complexity index is 755. The van der Waals surface area contributed by atoms with Crippen molar-refractivity contribution in [2.24, 2.45) is 7.05 Å². The Morgan fingerprint density at radius 1 is 1.57 bits per heavy atom. The highest BCUT2D eigenvalue weighted by Gasteiger charge is 2.25. The van der Waals surface area contributed by atoms with Crippen LogP contribution >= 0.6 is 0 Å². The maximum Gasteiger partial charge on any atom is 0.255 e. The summed E-state index contributed by atoms with van der Waals surface area (Å²) in [6.07, 6.45) is 3.71. The molecular formula is C16H19N5O2. The number of furan rings is 1. The highest BCUT2D eigenvalue weighted by molar-refractivity contribution is 5.95. The van der Waals surface area contributed by atoms with E-state index in [-0.39, 0.29) is 17.7 Å². The van der Waals surface area contributed by atoms with Gasteiger partial charge in [0.15, 0.2) is 0 Å². The van der Waals surface area contributed by atoms with Gasteiger partial charge in [0, 0.05) is 38.3 Å². The van der Waals surface area contributed by atoms with E-state index in [1.165, 1.54) is 6.07 Å². The molecule has 1 atom stereocenters. The van der Waals surface area contributed by atoms with Crippen LogP contribution in [-0.2, 0) is 7.05 Å². The summed E-state index contributed by atoms with van der Waals surface area (Å²) < 4.78 is 7.06. The molecule has 0 radical (unpaired) electrons. The number of hydrogen-bond donors (Lipinski definition) is 1. The zero-order chi connectivity index (χ0) is 16.4. The second-order valence-corrected chi connectivity index (χ2v) is 5.76. The van der Waals surface area contributed by atoms with Gasteiger partial charge in [-0.05, 0) is 19.8 Å². The fourth-order valence-corrected chi connectivity index (χ4v) is 3.01. The molecule has 120 valence electrons. The standard InChI is InChI=1S/C16H19N5O2/c1-11-14(8-13(9-17)23-11)16(22)19-12-4-3-7-21(10-12)15-5-6-18-20(15)2/h5-6,8,12H,3-4,7,10H2,1-2H3,(H,19,22)/t12-/m0/s1. The van der Waals surface area contributed by atoms with Crippen molar-refractivity contribution in [2.75, 3.05) is 18.0 Å². The van der Waals surface area contributed by atoms with Crippen molar-refractivity contribution >= 4 is 11.7 Å². The summed E-state index contributed by atoms with van der Waals surface area (Å²) in [7, 11) is 1.91. The topological polar surface area (TPSA) is 87.1 Å². The summed E-state index contributed by atoms with van der Waals surface area (Å²) in [5.41, 5.74) is 0.430. The molecule has 2 aromatic rings. The Hall–Kier alpha value is -2.75. The van der Waals surface area contributed by atoms with Gasteiger partial charge in [0.05, 0.1) is 11.8 Å². The van der Waals surface area contributed by atoms with Crippen LogP contribution in [0.2, 0.25) is 0 Å².